The van der Waals surface area contributed by atoms with E-state index in [0.29, 0.717) is 0 Å². The highest BCUT2D eigenvalue weighted by Crippen LogP contribution is 1.96. The van der Waals surface area contributed by atoms with Crippen LogP contribution >= 0.6 is 0 Å². The van der Waals surface area contributed by atoms with Gasteiger partial charge in [0, 0.05) is 5.22 Å². The Bertz CT molecular complexity index is 346. The van der Waals surface area contributed by atoms with E-state index in [-0.39, 0.29) is 0 Å². The van der Waals surface area contributed by atoms with Gasteiger partial charge in [0.1, 0.15) is 0 Å². The molecule has 1 aromatic rings. The summed E-state index contributed by atoms with van der Waals surface area (Å²) in [6.07, 6.45) is 4.50. The molecule has 0 atom stereocenters. The lowest BCUT2D eigenvalue weighted by molar-refractivity contribution is 1.05. The third-order valence-electron chi connectivity index (χ3n) is 1.67. The summed E-state index contributed by atoms with van der Waals surface area (Å²) >= 11 is 0. The van der Waals surface area contributed by atoms with Gasteiger partial charge in [-0.2, -0.15) is 5.10 Å². The molecule has 1 N–H and O–H groups in total. The molecule has 58 valence electrons. The Morgan fingerprint density at radius 3 is 2.91 bits per heavy atom. The van der Waals surface area contributed by atoms with Crippen LogP contribution in [0.1, 0.15) is 13.3 Å². The van der Waals surface area contributed by atoms with Gasteiger partial charge in [-0.25, -0.2) is 0 Å². The van der Waals surface area contributed by atoms with Gasteiger partial charge in [0.2, 0.25) is 0 Å². The predicted molar refractivity (Wildman–Crippen MR) is 47.3 cm³/mol. The average Bonchev–Trinajstić information content (AvgIpc) is 2.40. The van der Waals surface area contributed by atoms with Gasteiger partial charge in [0.05, 0.1) is 11.5 Å². The Kier molecular flexibility index (Phi) is 2.26. The number of aromatic nitrogens is 2. The molecule has 0 amide bonds. The van der Waals surface area contributed by atoms with Gasteiger partial charge in [-0.15, -0.1) is 0 Å². The third kappa shape index (κ3) is 1.40. The fraction of sp³-hybridized carbons (Fsp3) is 0.222. The van der Waals surface area contributed by atoms with Gasteiger partial charge in [-0.3, -0.25) is 5.10 Å². The molecule has 0 saturated carbocycles. The lowest BCUT2D eigenvalue weighted by atomic mass is 10.2. The molecule has 0 unspecified atom stereocenters. The van der Waals surface area contributed by atoms with Gasteiger partial charge in [-0.05, 0) is 12.0 Å². The van der Waals surface area contributed by atoms with Crippen LogP contribution in [0.2, 0.25) is 0 Å². The molecule has 1 rings (SSSR count). The zero-order valence-electron chi connectivity index (χ0n) is 6.72. The van der Waals surface area contributed by atoms with Crippen molar-refractivity contribution in [1.82, 2.24) is 10.2 Å². The number of rotatable bonds is 2. The molecule has 1 aromatic heterocycles. The van der Waals surface area contributed by atoms with Gasteiger partial charge in [0.15, 0.2) is 0 Å². The maximum absolute atomic E-state index is 3.88. The van der Waals surface area contributed by atoms with Crippen molar-refractivity contribution in [3.63, 3.8) is 0 Å². The molecule has 0 aromatic carbocycles. The number of aromatic amines is 1. The molecule has 0 saturated heterocycles. The molecule has 0 aliphatic heterocycles. The lowest BCUT2D eigenvalue weighted by Crippen LogP contribution is -2.23. The van der Waals surface area contributed by atoms with Crippen LogP contribution < -0.4 is 10.6 Å². The topological polar surface area (TPSA) is 28.7 Å². The first-order valence-electron chi connectivity index (χ1n) is 3.63. The van der Waals surface area contributed by atoms with Crippen molar-refractivity contribution in [3.8, 4) is 0 Å². The van der Waals surface area contributed by atoms with Crippen LogP contribution in [0.25, 0.3) is 12.2 Å². The van der Waals surface area contributed by atoms with Crippen molar-refractivity contribution in [2.45, 2.75) is 13.3 Å². The van der Waals surface area contributed by atoms with E-state index in [1.807, 2.05) is 6.08 Å². The highest BCUT2D eigenvalue weighted by Gasteiger charge is 1.91. The quantitative estimate of drug-likeness (QED) is 0.652. The lowest BCUT2D eigenvalue weighted by Gasteiger charge is -1.90. The number of nitrogens with one attached hydrogen (secondary N) is 1. The maximum Gasteiger partial charge on any atom is 0.0675 e. The summed E-state index contributed by atoms with van der Waals surface area (Å²) in [5.74, 6) is 0. The van der Waals surface area contributed by atoms with Gasteiger partial charge in [-0.1, -0.05) is 26.2 Å². The second kappa shape index (κ2) is 3.19. The summed E-state index contributed by atoms with van der Waals surface area (Å²) in [5, 5.41) is 8.70. The van der Waals surface area contributed by atoms with Crippen LogP contribution in [0.4, 0.5) is 0 Å². The first kappa shape index (κ1) is 7.79. The van der Waals surface area contributed by atoms with Crippen molar-refractivity contribution < 1.29 is 0 Å². The smallest absolute Gasteiger partial charge is 0.0675 e. The molecule has 11 heavy (non-hydrogen) atoms. The van der Waals surface area contributed by atoms with Crippen molar-refractivity contribution in [2.75, 3.05) is 0 Å². The summed E-state index contributed by atoms with van der Waals surface area (Å²) in [6, 6.07) is 0. The Labute approximate surface area is 65.9 Å². The van der Waals surface area contributed by atoms with Gasteiger partial charge in [0.25, 0.3) is 0 Å². The number of hydrogen-bond donors (Lipinski definition) is 1. The Balaban J connectivity index is 3.46. The molecule has 2 nitrogen and oxygen atoms in total. The Morgan fingerprint density at radius 1 is 1.82 bits per heavy atom. The molecule has 1 heterocycles. The maximum atomic E-state index is 3.88. The highest BCUT2D eigenvalue weighted by atomic mass is 15.1. The zero-order valence-corrected chi connectivity index (χ0v) is 6.72. The molecular weight excluding hydrogens is 136 g/mol. The minimum absolute atomic E-state index is 0.932. The minimum atomic E-state index is 0.932. The van der Waals surface area contributed by atoms with Gasteiger partial charge >= 0.3 is 0 Å². The van der Waals surface area contributed by atoms with Crippen molar-refractivity contribution in [3.05, 3.63) is 29.4 Å². The monoisotopic (exact) mass is 148 g/mol. The van der Waals surface area contributed by atoms with E-state index in [0.717, 1.165) is 22.6 Å². The molecule has 0 radical (unpaired) electrons. The highest BCUT2D eigenvalue weighted by molar-refractivity contribution is 5.53. The molecule has 0 aliphatic rings. The molecular formula is C9H12N2. The summed E-state index contributed by atoms with van der Waals surface area (Å²) < 4.78 is 0. The van der Waals surface area contributed by atoms with Crippen LogP contribution in [-0.2, 0) is 0 Å². The summed E-state index contributed by atoms with van der Waals surface area (Å²) in [5.41, 5.74) is 1.16. The fourth-order valence-electron chi connectivity index (χ4n) is 1.01. The van der Waals surface area contributed by atoms with E-state index < -0.39 is 0 Å². The molecule has 0 spiro atoms. The normalized spacial score (nSPS) is 12.8. The van der Waals surface area contributed by atoms with Crippen LogP contribution in [0.3, 0.4) is 0 Å². The first-order valence-corrected chi connectivity index (χ1v) is 3.63. The van der Waals surface area contributed by atoms with Crippen LogP contribution in [0.5, 0.6) is 0 Å². The van der Waals surface area contributed by atoms with E-state index in [2.05, 4.69) is 30.3 Å². The summed E-state index contributed by atoms with van der Waals surface area (Å²) in [6.45, 7) is 9.63. The minimum Gasteiger partial charge on any atom is -0.278 e. The number of allylic oxidation sites excluding steroid dienone is 1. The summed E-state index contributed by atoms with van der Waals surface area (Å²) in [4.78, 5) is 0. The average molecular weight is 148 g/mol. The van der Waals surface area contributed by atoms with Crippen LogP contribution in [0.15, 0.2) is 18.9 Å². The van der Waals surface area contributed by atoms with E-state index in [1.54, 1.807) is 6.20 Å². The largest absolute Gasteiger partial charge is 0.278 e. The van der Waals surface area contributed by atoms with Crippen LogP contribution in [-0.4, -0.2) is 10.2 Å². The van der Waals surface area contributed by atoms with E-state index in [9.17, 15) is 0 Å². The zero-order chi connectivity index (χ0) is 8.27. The first-order chi connectivity index (χ1) is 5.29. The second-order valence-electron chi connectivity index (χ2n) is 2.35. The summed E-state index contributed by atoms with van der Waals surface area (Å²) in [7, 11) is 0. The Hall–Kier alpha value is -1.31. The predicted octanol–water partition coefficient (Wildman–Crippen LogP) is 0.567. The van der Waals surface area contributed by atoms with Gasteiger partial charge < -0.3 is 0 Å². The molecule has 0 aliphatic carbocycles. The van der Waals surface area contributed by atoms with Crippen molar-refractivity contribution in [1.29, 1.82) is 0 Å². The molecule has 0 bridgehead atoms. The molecule has 0 fully saturated rings. The van der Waals surface area contributed by atoms with E-state index in [1.165, 1.54) is 0 Å². The SMILES string of the molecule is C=C/C(CC)=c1/[nH]ncc1=C. The fourth-order valence-corrected chi connectivity index (χ4v) is 1.01. The molecule has 2 heteroatoms. The number of H-pyrrole nitrogens is 1. The third-order valence-corrected chi connectivity index (χ3v) is 1.67. The Morgan fingerprint density at radius 2 is 2.55 bits per heavy atom. The van der Waals surface area contributed by atoms with E-state index >= 15 is 0 Å². The standard InChI is InChI=1S/C9H12N2/c1-4-8(5-2)9-7(3)6-10-11-9/h4,6,11H,1,3,5H2,2H3/b9-8-. The second-order valence-corrected chi connectivity index (χ2v) is 2.35. The van der Waals surface area contributed by atoms with Crippen LogP contribution in [0, 0.1) is 0 Å². The number of hydrogen-bond acceptors (Lipinski definition) is 1. The van der Waals surface area contributed by atoms with E-state index in [4.69, 9.17) is 0 Å². The van der Waals surface area contributed by atoms with Crippen molar-refractivity contribution >= 4 is 12.2 Å². The van der Waals surface area contributed by atoms with Crippen molar-refractivity contribution in [2.24, 2.45) is 0 Å². The number of nitrogens with zero attached hydrogens (tertiary/aromatic N) is 1.